The molecule has 0 aromatic carbocycles. The molecule has 11 heteroatoms. The second-order valence-electron chi connectivity index (χ2n) is 26.3. The predicted molar refractivity (Wildman–Crippen MR) is 370 cm³/mol. The third-order valence-electron chi connectivity index (χ3n) is 17.9. The van der Waals surface area contributed by atoms with E-state index in [0.29, 0.717) is 19.4 Å². The van der Waals surface area contributed by atoms with Gasteiger partial charge >= 0.3 is 5.97 Å². The van der Waals surface area contributed by atoms with E-state index in [4.69, 9.17) is 14.2 Å². The van der Waals surface area contributed by atoms with Crippen LogP contribution in [-0.2, 0) is 23.8 Å². The van der Waals surface area contributed by atoms with Crippen molar-refractivity contribution in [3.05, 3.63) is 48.6 Å². The van der Waals surface area contributed by atoms with Crippen LogP contribution in [0.15, 0.2) is 48.6 Å². The number of unbranched alkanes of at least 4 members (excludes halogenated alkanes) is 47. The SMILES string of the molecule is CCCCC/C=C/CC/C=C/C(O)C(COC1OC(CO)C(O)C(O)C1O)NC(=O)CCCCCCCCCCCCCCCCCCC/C=C\C/C=C\CCCCCCCCCCCCCOC(=O)CCCCCCCCCCCCCCCCCC. The molecule has 0 aromatic heterocycles. The number of esters is 1. The van der Waals surface area contributed by atoms with Gasteiger partial charge in [-0.3, -0.25) is 9.59 Å². The van der Waals surface area contributed by atoms with Gasteiger partial charge < -0.3 is 45.1 Å². The second kappa shape index (κ2) is 66.1. The molecule has 0 radical (unpaired) electrons. The maximum absolute atomic E-state index is 13.0. The zero-order valence-corrected chi connectivity index (χ0v) is 57.4. The topological polar surface area (TPSA) is 175 Å². The first kappa shape index (κ1) is 83.6. The average Bonchev–Trinajstić information content (AvgIpc) is 3.48. The molecule has 0 saturated carbocycles. The smallest absolute Gasteiger partial charge is 0.305 e. The van der Waals surface area contributed by atoms with Crippen molar-refractivity contribution in [3.63, 3.8) is 0 Å². The minimum atomic E-state index is -1.57. The Morgan fingerprint density at radius 2 is 0.773 bits per heavy atom. The molecule has 88 heavy (non-hydrogen) atoms. The van der Waals surface area contributed by atoms with Gasteiger partial charge in [-0.2, -0.15) is 0 Å². The molecule has 1 aliphatic heterocycles. The Kier molecular flexibility index (Phi) is 62.8. The van der Waals surface area contributed by atoms with Crippen LogP contribution in [0.3, 0.4) is 0 Å². The molecular formula is C77H143NO10. The largest absolute Gasteiger partial charge is 0.466 e. The highest BCUT2D eigenvalue weighted by molar-refractivity contribution is 5.76. The van der Waals surface area contributed by atoms with Crippen molar-refractivity contribution in [3.8, 4) is 0 Å². The monoisotopic (exact) mass is 1240 g/mol. The van der Waals surface area contributed by atoms with Crippen LogP contribution in [-0.4, -0.2) is 100 Å². The van der Waals surface area contributed by atoms with Gasteiger partial charge in [0, 0.05) is 12.8 Å². The van der Waals surface area contributed by atoms with E-state index in [0.717, 1.165) is 57.8 Å². The summed E-state index contributed by atoms with van der Waals surface area (Å²) in [7, 11) is 0. The van der Waals surface area contributed by atoms with Crippen molar-refractivity contribution < 1.29 is 49.3 Å². The van der Waals surface area contributed by atoms with Gasteiger partial charge in [0.2, 0.25) is 5.91 Å². The number of ether oxygens (including phenoxy) is 3. The lowest BCUT2D eigenvalue weighted by atomic mass is 9.99. The second-order valence-corrected chi connectivity index (χ2v) is 26.3. The lowest BCUT2D eigenvalue weighted by Gasteiger charge is -2.40. The van der Waals surface area contributed by atoms with Crippen LogP contribution >= 0.6 is 0 Å². The minimum absolute atomic E-state index is 0.0136. The summed E-state index contributed by atoms with van der Waals surface area (Å²) in [4.78, 5) is 25.1. The highest BCUT2D eigenvalue weighted by Crippen LogP contribution is 2.23. The molecule has 7 unspecified atom stereocenters. The van der Waals surface area contributed by atoms with Crippen LogP contribution in [0, 0.1) is 0 Å². The molecule has 0 aliphatic carbocycles. The first-order valence-corrected chi connectivity index (χ1v) is 37.9. The van der Waals surface area contributed by atoms with Gasteiger partial charge in [-0.15, -0.1) is 0 Å². The maximum Gasteiger partial charge on any atom is 0.305 e. The summed E-state index contributed by atoms with van der Waals surface area (Å²) in [6.45, 7) is 4.31. The average molecular weight is 1240 g/mol. The normalized spacial score (nSPS) is 18.0. The summed E-state index contributed by atoms with van der Waals surface area (Å²) >= 11 is 0. The van der Waals surface area contributed by atoms with Gasteiger partial charge in [0.25, 0.3) is 0 Å². The third kappa shape index (κ3) is 54.2. The predicted octanol–water partition coefficient (Wildman–Crippen LogP) is 19.9. The maximum atomic E-state index is 13.0. The standard InChI is InChI=1S/C77H143NO10/c1-3-5-7-9-11-13-14-15-16-39-42-45-49-53-57-61-65-73(82)86-66-62-58-54-50-46-43-40-37-35-33-31-29-27-25-23-21-19-17-18-20-22-24-26-28-30-32-34-36-38-41-44-48-52-56-60-64-72(81)78-69(70(80)63-59-55-51-47-12-10-8-6-4-2)68-87-77-76(85)75(84)74(83)71(67-79)88-77/h12,19,21,25,27,47,59,63,69-71,74-77,79-80,83-85H,3-11,13-18,20,22-24,26,28-46,48-58,60-62,64-68H2,1-2H3,(H,78,81)/b21-19-,27-25-,47-12+,63-59+. The van der Waals surface area contributed by atoms with Gasteiger partial charge in [-0.25, -0.2) is 0 Å². The van der Waals surface area contributed by atoms with E-state index >= 15 is 0 Å². The first-order valence-electron chi connectivity index (χ1n) is 37.9. The number of amides is 1. The number of carbonyl (C=O) groups is 2. The molecular weight excluding hydrogens is 1100 g/mol. The van der Waals surface area contributed by atoms with E-state index in [2.05, 4.69) is 55.6 Å². The van der Waals surface area contributed by atoms with Crippen LogP contribution in [0.4, 0.5) is 0 Å². The third-order valence-corrected chi connectivity index (χ3v) is 17.9. The van der Waals surface area contributed by atoms with Gasteiger partial charge in [0.1, 0.15) is 24.4 Å². The fourth-order valence-corrected chi connectivity index (χ4v) is 12.0. The summed E-state index contributed by atoms with van der Waals surface area (Å²) in [5.74, 6) is -0.177. The Labute approximate surface area is 542 Å². The van der Waals surface area contributed by atoms with E-state index in [1.807, 2.05) is 6.08 Å². The minimum Gasteiger partial charge on any atom is -0.466 e. The molecule has 1 fully saturated rings. The Bertz CT molecular complexity index is 1600. The van der Waals surface area contributed by atoms with Crippen LogP contribution in [0.5, 0.6) is 0 Å². The number of nitrogens with one attached hydrogen (secondary N) is 1. The lowest BCUT2D eigenvalue weighted by molar-refractivity contribution is -0.302. The van der Waals surface area contributed by atoms with Gasteiger partial charge in [-0.05, 0) is 77.0 Å². The Balaban J connectivity index is 1.89. The van der Waals surface area contributed by atoms with E-state index in [1.54, 1.807) is 6.08 Å². The van der Waals surface area contributed by atoms with Gasteiger partial charge in [-0.1, -0.05) is 326 Å². The summed E-state index contributed by atoms with van der Waals surface area (Å²) in [5.41, 5.74) is 0. The van der Waals surface area contributed by atoms with Crippen LogP contribution < -0.4 is 5.32 Å². The molecule has 1 amide bonds. The number of aliphatic hydroxyl groups excluding tert-OH is 5. The molecule has 1 aliphatic rings. The lowest BCUT2D eigenvalue weighted by Crippen LogP contribution is -2.60. The van der Waals surface area contributed by atoms with E-state index in [9.17, 15) is 35.1 Å². The summed E-state index contributed by atoms with van der Waals surface area (Å²) in [6, 6.07) is -0.825. The highest BCUT2D eigenvalue weighted by Gasteiger charge is 2.44. The fraction of sp³-hybridized carbons (Fsp3) is 0.870. The molecule has 1 saturated heterocycles. The Morgan fingerprint density at radius 1 is 0.420 bits per heavy atom. The van der Waals surface area contributed by atoms with Crippen molar-refractivity contribution >= 4 is 11.9 Å². The van der Waals surface area contributed by atoms with Crippen molar-refractivity contribution in [2.75, 3.05) is 19.8 Å². The molecule has 11 nitrogen and oxygen atoms in total. The molecule has 7 atom stereocenters. The number of aliphatic hydroxyl groups is 5. The van der Waals surface area contributed by atoms with Gasteiger partial charge in [0.05, 0.1) is 32.0 Å². The Morgan fingerprint density at radius 3 is 1.22 bits per heavy atom. The fourth-order valence-electron chi connectivity index (χ4n) is 12.0. The van der Waals surface area contributed by atoms with Crippen molar-refractivity contribution in [2.24, 2.45) is 0 Å². The van der Waals surface area contributed by atoms with Crippen molar-refractivity contribution in [2.45, 2.75) is 410 Å². The molecule has 516 valence electrons. The number of hydrogen-bond donors (Lipinski definition) is 6. The van der Waals surface area contributed by atoms with Crippen molar-refractivity contribution in [1.29, 1.82) is 0 Å². The van der Waals surface area contributed by atoms with E-state index < -0.39 is 49.5 Å². The Hall–Kier alpha value is -2.38. The van der Waals surface area contributed by atoms with E-state index in [1.165, 1.54) is 283 Å². The highest BCUT2D eigenvalue weighted by atomic mass is 16.7. The summed E-state index contributed by atoms with van der Waals surface area (Å²) < 4.78 is 16.7. The molecule has 6 N–H and O–H groups in total. The molecule has 0 bridgehead atoms. The number of carbonyl (C=O) groups excluding carboxylic acids is 2. The van der Waals surface area contributed by atoms with Crippen LogP contribution in [0.1, 0.15) is 367 Å². The molecule has 0 aromatic rings. The summed E-state index contributed by atoms with van der Waals surface area (Å²) in [6.07, 6.45) is 77.3. The van der Waals surface area contributed by atoms with Crippen molar-refractivity contribution in [1.82, 2.24) is 5.32 Å². The summed E-state index contributed by atoms with van der Waals surface area (Å²) in [5, 5.41) is 54.3. The zero-order valence-electron chi connectivity index (χ0n) is 57.4. The zero-order chi connectivity index (χ0) is 63.7. The number of hydrogen-bond acceptors (Lipinski definition) is 10. The number of allylic oxidation sites excluding steroid dienone is 7. The van der Waals surface area contributed by atoms with Crippen LogP contribution in [0.2, 0.25) is 0 Å². The quantitative estimate of drug-likeness (QED) is 0.0195. The first-order chi connectivity index (χ1) is 43.2. The van der Waals surface area contributed by atoms with Crippen LogP contribution in [0.25, 0.3) is 0 Å². The number of rotatable bonds is 67. The molecule has 1 heterocycles. The van der Waals surface area contributed by atoms with E-state index in [-0.39, 0.29) is 18.5 Å². The molecule has 1 rings (SSSR count). The molecule has 0 spiro atoms. The van der Waals surface area contributed by atoms with Gasteiger partial charge in [0.15, 0.2) is 6.29 Å².